The van der Waals surface area contributed by atoms with Gasteiger partial charge >= 0.3 is 5.97 Å². The second-order valence-corrected chi connectivity index (χ2v) is 9.23. The van der Waals surface area contributed by atoms with E-state index in [-0.39, 0.29) is 18.0 Å². The summed E-state index contributed by atoms with van der Waals surface area (Å²) in [6.07, 6.45) is 1.47. The average molecular weight is 450 g/mol. The maximum atomic E-state index is 12.8. The molecule has 0 aliphatic carbocycles. The van der Waals surface area contributed by atoms with Crippen molar-refractivity contribution in [2.24, 2.45) is 4.99 Å². The highest BCUT2D eigenvalue weighted by atomic mass is 35.5. The number of benzene rings is 1. The summed E-state index contributed by atoms with van der Waals surface area (Å²) in [5.74, 6) is -1.49. The van der Waals surface area contributed by atoms with Crippen molar-refractivity contribution in [3.63, 3.8) is 0 Å². The van der Waals surface area contributed by atoms with Crippen LogP contribution in [0.15, 0.2) is 40.4 Å². The van der Waals surface area contributed by atoms with Crippen molar-refractivity contribution in [3.8, 4) is 0 Å². The lowest BCUT2D eigenvalue weighted by molar-refractivity contribution is -0.170. The van der Waals surface area contributed by atoms with Gasteiger partial charge in [0.2, 0.25) is 17.9 Å². The molecule has 158 valence electrons. The number of hydrogen-bond acceptors (Lipinski definition) is 7. The summed E-state index contributed by atoms with van der Waals surface area (Å²) in [5.41, 5.74) is 0.0117. The highest BCUT2D eigenvalue weighted by Crippen LogP contribution is 2.41. The van der Waals surface area contributed by atoms with Gasteiger partial charge < -0.3 is 15.0 Å². The first kappa shape index (κ1) is 22.1. The Morgan fingerprint density at radius 3 is 2.73 bits per heavy atom. The molecule has 0 bridgehead atoms. The Hall–Kier alpha value is -2.61. The second-order valence-electron chi connectivity index (χ2n) is 7.81. The van der Waals surface area contributed by atoms with E-state index in [1.807, 2.05) is 0 Å². The zero-order valence-electron chi connectivity index (χ0n) is 16.5. The van der Waals surface area contributed by atoms with E-state index in [1.54, 1.807) is 45.0 Å². The van der Waals surface area contributed by atoms with E-state index >= 15 is 0 Å². The minimum atomic E-state index is -1.16. The molecule has 1 aromatic carbocycles. The quantitative estimate of drug-likeness (QED) is 0.319. The van der Waals surface area contributed by atoms with E-state index in [0.29, 0.717) is 10.6 Å². The molecule has 0 aromatic heterocycles. The number of nitrogens with zero attached hydrogens (tertiary/aromatic N) is 2. The summed E-state index contributed by atoms with van der Waals surface area (Å²) >= 11 is 7.12. The minimum absolute atomic E-state index is 0.0632. The number of β-lactam (4-membered cyclic amide) rings is 1. The number of rotatable bonds is 5. The summed E-state index contributed by atoms with van der Waals surface area (Å²) in [4.78, 5) is 53.5. The Balaban J connectivity index is 1.74. The number of esters is 1. The van der Waals surface area contributed by atoms with Crippen LogP contribution in [0.3, 0.4) is 0 Å². The lowest BCUT2D eigenvalue weighted by Gasteiger charge is -2.51. The van der Waals surface area contributed by atoms with Gasteiger partial charge in [0.05, 0.1) is 12.1 Å². The van der Waals surface area contributed by atoms with Crippen molar-refractivity contribution in [2.75, 3.05) is 0 Å². The predicted octanol–water partition coefficient (Wildman–Crippen LogP) is 2.17. The third-order valence-corrected chi connectivity index (χ3v) is 5.73. The summed E-state index contributed by atoms with van der Waals surface area (Å²) in [7, 11) is 0. The highest BCUT2D eigenvalue weighted by Gasteiger charge is 2.56. The third kappa shape index (κ3) is 4.75. The van der Waals surface area contributed by atoms with Crippen LogP contribution in [0.4, 0.5) is 0 Å². The molecule has 0 spiro atoms. The van der Waals surface area contributed by atoms with Gasteiger partial charge in [-0.3, -0.25) is 9.59 Å². The molecule has 1 fully saturated rings. The number of carbonyl (C=O) groups is 3. The summed E-state index contributed by atoms with van der Waals surface area (Å²) in [6.45, 7) is 5.09. The number of fused-ring (bicyclic) bond motifs is 1. The Labute approximate surface area is 182 Å². The third-order valence-electron chi connectivity index (χ3n) is 4.34. The Kier molecular flexibility index (Phi) is 6.36. The zero-order valence-corrected chi connectivity index (χ0v) is 18.1. The van der Waals surface area contributed by atoms with Crippen LogP contribution in [0.2, 0.25) is 5.02 Å². The van der Waals surface area contributed by atoms with Gasteiger partial charge in [-0.2, -0.15) is 4.99 Å². The summed E-state index contributed by atoms with van der Waals surface area (Å²) in [5, 5.41) is 4.23. The molecule has 2 heterocycles. The highest BCUT2D eigenvalue weighted by molar-refractivity contribution is 8.02. The predicted molar refractivity (Wildman–Crippen MR) is 111 cm³/mol. The Morgan fingerprint density at radius 2 is 2.10 bits per heavy atom. The molecule has 1 aromatic rings. The van der Waals surface area contributed by atoms with Crippen molar-refractivity contribution in [1.29, 1.82) is 0 Å². The van der Waals surface area contributed by atoms with Gasteiger partial charge in [0.1, 0.15) is 17.0 Å². The van der Waals surface area contributed by atoms with Gasteiger partial charge in [-0.05, 0) is 43.9 Å². The number of amides is 2. The number of nitrogens with one attached hydrogen (secondary N) is 1. The van der Waals surface area contributed by atoms with Crippen LogP contribution in [-0.4, -0.2) is 51.8 Å². The van der Waals surface area contributed by atoms with Crippen molar-refractivity contribution in [3.05, 3.63) is 46.0 Å². The number of halogens is 1. The minimum Gasteiger partial charge on any atom is -0.458 e. The first-order valence-corrected chi connectivity index (χ1v) is 10.4. The van der Waals surface area contributed by atoms with Gasteiger partial charge in [-0.25, -0.2) is 9.59 Å². The molecule has 10 heteroatoms. The van der Waals surface area contributed by atoms with Crippen molar-refractivity contribution in [2.45, 2.75) is 50.3 Å². The van der Waals surface area contributed by atoms with E-state index in [2.05, 4.69) is 10.3 Å². The van der Waals surface area contributed by atoms with Crippen LogP contribution >= 0.6 is 23.4 Å². The van der Waals surface area contributed by atoms with Gasteiger partial charge in [0.25, 0.3) is 0 Å². The number of thioether (sulfide) groups is 1. The fourth-order valence-electron chi connectivity index (χ4n) is 3.17. The molecule has 2 aliphatic rings. The number of isocyanates is 1. The van der Waals surface area contributed by atoms with Crippen LogP contribution in [-0.2, 0) is 30.3 Å². The zero-order chi connectivity index (χ0) is 22.1. The summed E-state index contributed by atoms with van der Waals surface area (Å²) in [6, 6.07) is 4.92. The molecule has 0 radical (unpaired) electrons. The maximum absolute atomic E-state index is 12.8. The smallest absolute Gasteiger partial charge is 0.335 e. The van der Waals surface area contributed by atoms with Crippen molar-refractivity contribution >= 4 is 47.2 Å². The van der Waals surface area contributed by atoms with Crippen molar-refractivity contribution in [1.82, 2.24) is 10.2 Å². The Bertz CT molecular complexity index is 967. The number of aliphatic imine (C=N–C) groups is 1. The molecule has 1 N–H and O–H groups in total. The first-order chi connectivity index (χ1) is 14.1. The monoisotopic (exact) mass is 449 g/mol. The standard InChI is InChI=1S/C20H20ClN3O5S/c1-20(2,3)29-19(28)16-13(22-10-25)9-30-18-15(17(27)24(16)18)23-14(26)8-11-5-4-6-12(21)7-11/h4-7,9,15-16,18H,8H2,1-3H3,(H,23,26)/t15?,16?,18-/m0/s1. The lowest BCUT2D eigenvalue weighted by atomic mass is 10.0. The van der Waals surface area contributed by atoms with Crippen LogP contribution < -0.4 is 5.32 Å². The molecule has 30 heavy (non-hydrogen) atoms. The van der Waals surface area contributed by atoms with Gasteiger partial charge in [-0.1, -0.05) is 23.7 Å². The van der Waals surface area contributed by atoms with E-state index in [4.69, 9.17) is 16.3 Å². The number of ether oxygens (including phenoxy) is 1. The molecule has 3 atom stereocenters. The van der Waals surface area contributed by atoms with E-state index in [9.17, 15) is 19.2 Å². The molecule has 2 unspecified atom stereocenters. The molecule has 2 aliphatic heterocycles. The second kappa shape index (κ2) is 8.63. The first-order valence-electron chi connectivity index (χ1n) is 9.13. The largest absolute Gasteiger partial charge is 0.458 e. The molecular weight excluding hydrogens is 430 g/mol. The van der Waals surface area contributed by atoms with E-state index < -0.39 is 34.9 Å². The lowest BCUT2D eigenvalue weighted by Crippen LogP contribution is -2.74. The van der Waals surface area contributed by atoms with Crippen LogP contribution in [0, 0.1) is 0 Å². The van der Waals surface area contributed by atoms with Crippen LogP contribution in [0.25, 0.3) is 0 Å². The molecule has 2 amide bonds. The fraction of sp³-hybridized carbons (Fsp3) is 0.400. The van der Waals surface area contributed by atoms with Crippen LogP contribution in [0.5, 0.6) is 0 Å². The molecule has 0 saturated carbocycles. The van der Waals surface area contributed by atoms with Crippen LogP contribution in [0.1, 0.15) is 26.3 Å². The van der Waals surface area contributed by atoms with Gasteiger partial charge in [0, 0.05) is 5.02 Å². The SMILES string of the molecule is CC(C)(C)OC(=O)C1C(N=C=O)=CS[C@H]2C(NC(=O)Cc3cccc(Cl)c3)C(=O)N12. The molecule has 8 nitrogen and oxygen atoms in total. The van der Waals surface area contributed by atoms with Crippen molar-refractivity contribution < 1.29 is 23.9 Å². The fourth-order valence-corrected chi connectivity index (χ4v) is 4.54. The topological polar surface area (TPSA) is 105 Å². The van der Waals surface area contributed by atoms with E-state index in [0.717, 1.165) is 0 Å². The number of hydrogen-bond donors (Lipinski definition) is 1. The molecule has 1 saturated heterocycles. The Morgan fingerprint density at radius 1 is 1.37 bits per heavy atom. The van der Waals surface area contributed by atoms with E-state index in [1.165, 1.54) is 28.1 Å². The molecular formula is C20H20ClN3O5S. The normalized spacial score (nSPS) is 22.8. The van der Waals surface area contributed by atoms with Gasteiger partial charge in [-0.15, -0.1) is 11.8 Å². The van der Waals surface area contributed by atoms with Gasteiger partial charge in [0.15, 0.2) is 6.04 Å². The average Bonchev–Trinajstić information content (AvgIpc) is 2.64. The molecule has 3 rings (SSSR count). The number of carbonyl (C=O) groups excluding carboxylic acids is 4. The maximum Gasteiger partial charge on any atom is 0.335 e. The summed E-state index contributed by atoms with van der Waals surface area (Å²) < 4.78 is 5.39.